The van der Waals surface area contributed by atoms with Crippen LogP contribution in [0.5, 0.6) is 0 Å². The summed E-state index contributed by atoms with van der Waals surface area (Å²) in [5.41, 5.74) is 0.513. The van der Waals surface area contributed by atoms with Crippen molar-refractivity contribution >= 4 is 11.6 Å². The number of carbonyl (C=O) groups excluding carboxylic acids is 1. The predicted molar refractivity (Wildman–Crippen MR) is 94.0 cm³/mol. The van der Waals surface area contributed by atoms with Crippen molar-refractivity contribution in [1.29, 1.82) is 0 Å². The lowest BCUT2D eigenvalue weighted by atomic mass is 9.75. The van der Waals surface area contributed by atoms with Crippen molar-refractivity contribution in [2.75, 3.05) is 13.1 Å². The van der Waals surface area contributed by atoms with Crippen LogP contribution in [0.1, 0.15) is 42.5 Å². The Balaban J connectivity index is 1.58. The first-order valence-electron chi connectivity index (χ1n) is 9.06. The van der Waals surface area contributed by atoms with E-state index in [0.29, 0.717) is 17.2 Å². The van der Waals surface area contributed by atoms with Crippen LogP contribution in [-0.2, 0) is 0 Å². The lowest BCUT2D eigenvalue weighted by Crippen LogP contribution is -2.44. The summed E-state index contributed by atoms with van der Waals surface area (Å²) in [4.78, 5) is 29.6. The maximum Gasteiger partial charge on any atom is 0.295 e. The molecule has 1 saturated carbocycles. The third kappa shape index (κ3) is 3.07. The van der Waals surface area contributed by atoms with E-state index >= 15 is 0 Å². The van der Waals surface area contributed by atoms with Crippen molar-refractivity contribution in [3.63, 3.8) is 0 Å². The molecule has 1 aromatic carbocycles. The normalized spacial score (nSPS) is 22.7. The molecule has 0 spiro atoms. The van der Waals surface area contributed by atoms with Gasteiger partial charge in [-0.1, -0.05) is 19.3 Å². The molecule has 1 aliphatic carbocycles. The number of piperidine rings is 1. The minimum atomic E-state index is -0.485. The van der Waals surface area contributed by atoms with Crippen molar-refractivity contribution < 1.29 is 9.72 Å². The summed E-state index contributed by atoms with van der Waals surface area (Å²) in [5.74, 6) is 1.19. The lowest BCUT2D eigenvalue weighted by Gasteiger charge is -2.41. The molecule has 0 unspecified atom stereocenters. The Morgan fingerprint density at radius 1 is 1.19 bits per heavy atom. The van der Waals surface area contributed by atoms with Gasteiger partial charge in [-0.15, -0.1) is 0 Å². The van der Waals surface area contributed by atoms with E-state index in [9.17, 15) is 14.9 Å². The second-order valence-corrected chi connectivity index (χ2v) is 7.15. The molecular formula is C18H21N5O3. The van der Waals surface area contributed by atoms with Gasteiger partial charge in [-0.25, -0.2) is 9.67 Å². The number of amides is 1. The summed E-state index contributed by atoms with van der Waals surface area (Å²) < 4.78 is 1.33. The Hall–Kier alpha value is -2.77. The van der Waals surface area contributed by atoms with Crippen molar-refractivity contribution in [2.24, 2.45) is 11.8 Å². The van der Waals surface area contributed by atoms with Crippen LogP contribution < -0.4 is 0 Å². The third-order valence-corrected chi connectivity index (χ3v) is 5.66. The molecule has 26 heavy (non-hydrogen) atoms. The molecule has 1 aromatic heterocycles. The molecule has 2 fully saturated rings. The highest BCUT2D eigenvalue weighted by molar-refractivity contribution is 5.95. The number of nitro groups is 1. The molecule has 0 bridgehead atoms. The molecule has 8 nitrogen and oxygen atoms in total. The molecule has 0 N–H and O–H groups in total. The number of rotatable bonds is 3. The van der Waals surface area contributed by atoms with E-state index in [2.05, 4.69) is 10.1 Å². The average Bonchev–Trinajstić information content (AvgIpc) is 3.21. The third-order valence-electron chi connectivity index (χ3n) is 5.66. The van der Waals surface area contributed by atoms with E-state index in [1.165, 1.54) is 49.1 Å². The van der Waals surface area contributed by atoms with Crippen molar-refractivity contribution in [3.05, 3.63) is 46.5 Å². The molecule has 2 heterocycles. The van der Waals surface area contributed by atoms with Gasteiger partial charge in [-0.05, 0) is 36.8 Å². The maximum absolute atomic E-state index is 12.9. The quantitative estimate of drug-likeness (QED) is 0.623. The molecule has 4 rings (SSSR count). The number of nitrogens with zero attached hydrogens (tertiary/aromatic N) is 5. The van der Waals surface area contributed by atoms with E-state index in [1.54, 1.807) is 12.1 Å². The zero-order chi connectivity index (χ0) is 18.1. The second kappa shape index (κ2) is 6.86. The SMILES string of the molecule is O=C(c1ccc(-n2cncn2)c([N+](=O)[O-])c1)N1CC[C@H]2CCCC[C@@H]2C1. The van der Waals surface area contributed by atoms with Crippen molar-refractivity contribution in [2.45, 2.75) is 32.1 Å². The average molecular weight is 355 g/mol. The Labute approximate surface area is 151 Å². The van der Waals surface area contributed by atoms with Gasteiger partial charge in [0.15, 0.2) is 0 Å². The second-order valence-electron chi connectivity index (χ2n) is 7.15. The van der Waals surface area contributed by atoms with E-state index in [0.717, 1.165) is 25.4 Å². The number of hydrogen-bond acceptors (Lipinski definition) is 5. The van der Waals surface area contributed by atoms with Crippen molar-refractivity contribution in [1.82, 2.24) is 19.7 Å². The maximum atomic E-state index is 12.9. The highest BCUT2D eigenvalue weighted by Crippen LogP contribution is 2.36. The fourth-order valence-corrected chi connectivity index (χ4v) is 4.30. The fourth-order valence-electron chi connectivity index (χ4n) is 4.30. The monoisotopic (exact) mass is 355 g/mol. The van der Waals surface area contributed by atoms with Gasteiger partial charge in [-0.3, -0.25) is 14.9 Å². The van der Waals surface area contributed by atoms with Crippen LogP contribution in [0.25, 0.3) is 5.69 Å². The Morgan fingerprint density at radius 3 is 2.73 bits per heavy atom. The zero-order valence-electron chi connectivity index (χ0n) is 14.5. The van der Waals surface area contributed by atoms with Crippen LogP contribution in [0.2, 0.25) is 0 Å². The first-order chi connectivity index (χ1) is 12.6. The molecule has 2 aromatic rings. The summed E-state index contributed by atoms with van der Waals surface area (Å²) in [7, 11) is 0. The minimum Gasteiger partial charge on any atom is -0.338 e. The van der Waals surface area contributed by atoms with Gasteiger partial charge in [0.05, 0.1) is 4.92 Å². The first-order valence-corrected chi connectivity index (χ1v) is 9.06. The predicted octanol–water partition coefficient (Wildman–Crippen LogP) is 2.83. The molecule has 1 saturated heterocycles. The Kier molecular flexibility index (Phi) is 4.40. The topological polar surface area (TPSA) is 94.2 Å². The van der Waals surface area contributed by atoms with Gasteiger partial charge in [-0.2, -0.15) is 5.10 Å². The Morgan fingerprint density at radius 2 is 2.00 bits per heavy atom. The van der Waals surface area contributed by atoms with E-state index in [-0.39, 0.29) is 11.6 Å². The van der Waals surface area contributed by atoms with Crippen LogP contribution in [0, 0.1) is 22.0 Å². The molecule has 136 valence electrons. The van der Waals surface area contributed by atoms with Gasteiger partial charge >= 0.3 is 0 Å². The number of hydrogen-bond donors (Lipinski definition) is 0. The number of aromatic nitrogens is 3. The van der Waals surface area contributed by atoms with Gasteiger partial charge in [0.2, 0.25) is 0 Å². The van der Waals surface area contributed by atoms with E-state index in [4.69, 9.17) is 0 Å². The van der Waals surface area contributed by atoms with Gasteiger partial charge in [0, 0.05) is 24.7 Å². The van der Waals surface area contributed by atoms with Crippen molar-refractivity contribution in [3.8, 4) is 5.69 Å². The molecule has 1 aliphatic heterocycles. The summed E-state index contributed by atoms with van der Waals surface area (Å²) in [6.07, 6.45) is 8.74. The van der Waals surface area contributed by atoms with Gasteiger partial charge in [0.1, 0.15) is 18.3 Å². The van der Waals surface area contributed by atoms with Crippen LogP contribution >= 0.6 is 0 Å². The number of fused-ring (bicyclic) bond motifs is 1. The molecular weight excluding hydrogens is 334 g/mol. The van der Waals surface area contributed by atoms with Crippen LogP contribution in [0.4, 0.5) is 5.69 Å². The lowest BCUT2D eigenvalue weighted by molar-refractivity contribution is -0.384. The van der Waals surface area contributed by atoms with Gasteiger partial charge < -0.3 is 4.90 Å². The van der Waals surface area contributed by atoms with Crippen LogP contribution in [-0.4, -0.2) is 43.6 Å². The smallest absolute Gasteiger partial charge is 0.295 e. The largest absolute Gasteiger partial charge is 0.338 e. The van der Waals surface area contributed by atoms with E-state index < -0.39 is 4.92 Å². The number of benzene rings is 1. The molecule has 8 heteroatoms. The van der Waals surface area contributed by atoms with E-state index in [1.807, 2.05) is 4.90 Å². The molecule has 2 atom stereocenters. The summed E-state index contributed by atoms with van der Waals surface area (Å²) in [5, 5.41) is 15.4. The first kappa shape index (κ1) is 16.7. The standard InChI is InChI=1S/C18H21N5O3/c24-18(21-8-7-13-3-1-2-4-15(13)10-21)14-5-6-16(17(9-14)23(25)26)22-12-19-11-20-22/h5-6,9,11-13,15H,1-4,7-8,10H2/t13-,15-/m1/s1. The highest BCUT2D eigenvalue weighted by Gasteiger charge is 2.33. The highest BCUT2D eigenvalue weighted by atomic mass is 16.6. The minimum absolute atomic E-state index is 0.123. The molecule has 0 radical (unpaired) electrons. The zero-order valence-corrected chi connectivity index (χ0v) is 14.5. The summed E-state index contributed by atoms with van der Waals surface area (Å²) in [6, 6.07) is 4.55. The van der Waals surface area contributed by atoms with Gasteiger partial charge in [0.25, 0.3) is 11.6 Å². The number of likely N-dealkylation sites (tertiary alicyclic amines) is 1. The summed E-state index contributed by atoms with van der Waals surface area (Å²) >= 11 is 0. The number of carbonyl (C=O) groups is 1. The molecule has 1 amide bonds. The summed E-state index contributed by atoms with van der Waals surface area (Å²) in [6.45, 7) is 1.50. The Bertz CT molecular complexity index is 820. The number of nitro benzene ring substituents is 1. The molecule has 2 aliphatic rings. The fraction of sp³-hybridized carbons (Fsp3) is 0.500. The van der Waals surface area contributed by atoms with Crippen LogP contribution in [0.15, 0.2) is 30.9 Å². The van der Waals surface area contributed by atoms with Crippen LogP contribution in [0.3, 0.4) is 0 Å².